The van der Waals surface area contributed by atoms with Crippen LogP contribution in [0.15, 0.2) is 12.2 Å². The van der Waals surface area contributed by atoms with Gasteiger partial charge in [0, 0.05) is 6.42 Å². The second-order valence-corrected chi connectivity index (χ2v) is 3.11. The van der Waals surface area contributed by atoms with E-state index in [0.717, 1.165) is 25.7 Å². The molecule has 0 heterocycles. The number of hydrogen-bond acceptors (Lipinski definition) is 1. The van der Waals surface area contributed by atoms with Crippen molar-refractivity contribution in [3.8, 4) is 0 Å². The van der Waals surface area contributed by atoms with Crippen LogP contribution in [0.3, 0.4) is 0 Å². The fraction of sp³-hybridized carbons (Fsp3) is 0.727. The average Bonchev–Trinajstić information content (AvgIpc) is 2.09. The van der Waals surface area contributed by atoms with E-state index >= 15 is 0 Å². The average molecular weight is 168 g/mol. The van der Waals surface area contributed by atoms with Crippen LogP contribution in [0.5, 0.6) is 0 Å². The van der Waals surface area contributed by atoms with Gasteiger partial charge >= 0.3 is 0 Å². The predicted octanol–water partition coefficient (Wildman–Crippen LogP) is 3.49. The van der Waals surface area contributed by atoms with Crippen LogP contribution in [0.1, 0.15) is 52.4 Å². The molecule has 0 unspecified atom stereocenters. The van der Waals surface area contributed by atoms with E-state index in [1.807, 2.05) is 6.08 Å². The lowest BCUT2D eigenvalue weighted by Gasteiger charge is -1.91. The Balaban J connectivity index is 3.34. The quantitative estimate of drug-likeness (QED) is 0.420. The third kappa shape index (κ3) is 7.52. The van der Waals surface area contributed by atoms with E-state index in [1.54, 1.807) is 6.08 Å². The Morgan fingerprint density at radius 2 is 1.83 bits per heavy atom. The van der Waals surface area contributed by atoms with Crippen LogP contribution >= 0.6 is 0 Å². The monoisotopic (exact) mass is 168 g/mol. The van der Waals surface area contributed by atoms with Crippen molar-refractivity contribution in [1.82, 2.24) is 0 Å². The molecule has 0 aromatic carbocycles. The van der Waals surface area contributed by atoms with E-state index in [9.17, 15) is 4.79 Å². The van der Waals surface area contributed by atoms with Crippen molar-refractivity contribution in [2.75, 3.05) is 0 Å². The molecule has 0 bridgehead atoms. The molecule has 0 fully saturated rings. The first-order chi connectivity index (χ1) is 5.81. The summed E-state index contributed by atoms with van der Waals surface area (Å²) in [5.74, 6) is 0.285. The summed E-state index contributed by atoms with van der Waals surface area (Å²) in [6.07, 6.45) is 10.0. The van der Waals surface area contributed by atoms with Crippen LogP contribution in [0.4, 0.5) is 0 Å². The van der Waals surface area contributed by atoms with Crippen LogP contribution in [0.2, 0.25) is 0 Å². The van der Waals surface area contributed by atoms with Gasteiger partial charge in [-0.25, -0.2) is 0 Å². The van der Waals surface area contributed by atoms with Crippen molar-refractivity contribution < 1.29 is 4.79 Å². The highest BCUT2D eigenvalue weighted by Gasteiger charge is 1.93. The van der Waals surface area contributed by atoms with Crippen molar-refractivity contribution in [3.63, 3.8) is 0 Å². The topological polar surface area (TPSA) is 17.1 Å². The molecule has 0 amide bonds. The highest BCUT2D eigenvalue weighted by atomic mass is 16.1. The molecule has 0 aromatic rings. The molecule has 0 aliphatic rings. The van der Waals surface area contributed by atoms with Gasteiger partial charge in [-0.1, -0.05) is 39.2 Å². The zero-order chi connectivity index (χ0) is 9.23. The number of carbonyl (C=O) groups excluding carboxylic acids is 1. The number of unbranched alkanes of at least 4 members (excludes halogenated alkanes) is 3. The summed E-state index contributed by atoms with van der Waals surface area (Å²) in [4.78, 5) is 11.1. The first-order valence-corrected chi connectivity index (χ1v) is 5.00. The summed E-state index contributed by atoms with van der Waals surface area (Å²) in [5.41, 5.74) is 0. The zero-order valence-electron chi connectivity index (χ0n) is 8.31. The summed E-state index contributed by atoms with van der Waals surface area (Å²) in [7, 11) is 0. The van der Waals surface area contributed by atoms with Gasteiger partial charge in [0.15, 0.2) is 5.78 Å². The van der Waals surface area contributed by atoms with Gasteiger partial charge in [0.05, 0.1) is 0 Å². The molecule has 0 aliphatic heterocycles. The predicted molar refractivity (Wildman–Crippen MR) is 53.2 cm³/mol. The van der Waals surface area contributed by atoms with E-state index in [2.05, 4.69) is 13.8 Å². The second-order valence-electron chi connectivity index (χ2n) is 3.11. The maximum absolute atomic E-state index is 11.1. The summed E-state index contributed by atoms with van der Waals surface area (Å²) >= 11 is 0. The van der Waals surface area contributed by atoms with Crippen molar-refractivity contribution >= 4 is 5.78 Å². The molecule has 70 valence electrons. The minimum Gasteiger partial charge on any atom is -0.295 e. The number of hydrogen-bond donors (Lipinski definition) is 0. The van der Waals surface area contributed by atoms with Gasteiger partial charge in [-0.05, 0) is 18.9 Å². The zero-order valence-corrected chi connectivity index (χ0v) is 8.31. The molecule has 0 aliphatic carbocycles. The van der Waals surface area contributed by atoms with Crippen molar-refractivity contribution in [2.24, 2.45) is 0 Å². The molecule has 0 rings (SSSR count). The van der Waals surface area contributed by atoms with Crippen molar-refractivity contribution in [1.29, 1.82) is 0 Å². The van der Waals surface area contributed by atoms with Crippen LogP contribution < -0.4 is 0 Å². The fourth-order valence-corrected chi connectivity index (χ4v) is 0.971. The Hall–Kier alpha value is -0.590. The lowest BCUT2D eigenvalue weighted by atomic mass is 10.1. The molecule has 1 heteroatoms. The van der Waals surface area contributed by atoms with Crippen LogP contribution in [0, 0.1) is 0 Å². The highest BCUT2D eigenvalue weighted by Crippen LogP contribution is 1.99. The normalized spacial score (nSPS) is 10.8. The van der Waals surface area contributed by atoms with Crippen molar-refractivity contribution in [2.45, 2.75) is 52.4 Å². The molecule has 0 spiro atoms. The third-order valence-corrected chi connectivity index (χ3v) is 1.80. The molecule has 0 N–H and O–H groups in total. The molecule has 0 radical (unpaired) electrons. The first-order valence-electron chi connectivity index (χ1n) is 5.00. The molecule has 1 nitrogen and oxygen atoms in total. The summed E-state index contributed by atoms with van der Waals surface area (Å²) in [6, 6.07) is 0. The Labute approximate surface area is 75.9 Å². The van der Waals surface area contributed by atoms with Crippen LogP contribution in [-0.2, 0) is 4.79 Å². The summed E-state index contributed by atoms with van der Waals surface area (Å²) in [5, 5.41) is 0. The molecule has 0 atom stereocenters. The molecule has 12 heavy (non-hydrogen) atoms. The second kappa shape index (κ2) is 8.51. The van der Waals surface area contributed by atoms with E-state index in [1.165, 1.54) is 12.8 Å². The molecule has 0 saturated carbocycles. The lowest BCUT2D eigenvalue weighted by molar-refractivity contribution is -0.114. The summed E-state index contributed by atoms with van der Waals surface area (Å²) < 4.78 is 0. The van der Waals surface area contributed by atoms with Gasteiger partial charge in [0.25, 0.3) is 0 Å². The van der Waals surface area contributed by atoms with E-state index in [-0.39, 0.29) is 5.78 Å². The summed E-state index contributed by atoms with van der Waals surface area (Å²) in [6.45, 7) is 4.26. The fourth-order valence-electron chi connectivity index (χ4n) is 0.971. The number of ketones is 1. The molecular formula is C11H20O. The third-order valence-electron chi connectivity index (χ3n) is 1.80. The van der Waals surface area contributed by atoms with Crippen molar-refractivity contribution in [3.05, 3.63) is 12.2 Å². The van der Waals surface area contributed by atoms with Gasteiger partial charge in [-0.15, -0.1) is 0 Å². The van der Waals surface area contributed by atoms with E-state index in [4.69, 9.17) is 0 Å². The first kappa shape index (κ1) is 11.4. The number of allylic oxidation sites excluding steroid dienone is 2. The Kier molecular flexibility index (Phi) is 8.09. The SMILES string of the molecule is CCCCC=CC(=O)CCCC. The van der Waals surface area contributed by atoms with Gasteiger partial charge in [0.2, 0.25) is 0 Å². The number of rotatable bonds is 7. The molecule has 0 saturated heterocycles. The largest absolute Gasteiger partial charge is 0.295 e. The van der Waals surface area contributed by atoms with E-state index in [0.29, 0.717) is 0 Å². The maximum atomic E-state index is 11.1. The van der Waals surface area contributed by atoms with Gasteiger partial charge in [-0.3, -0.25) is 4.79 Å². The smallest absolute Gasteiger partial charge is 0.155 e. The standard InChI is InChI=1S/C11H20O/c1-3-5-7-8-10-11(12)9-6-4-2/h8,10H,3-7,9H2,1-2H3. The maximum Gasteiger partial charge on any atom is 0.155 e. The molecular weight excluding hydrogens is 148 g/mol. The Bertz CT molecular complexity index is 136. The van der Waals surface area contributed by atoms with E-state index < -0.39 is 0 Å². The number of carbonyl (C=O) groups is 1. The molecule has 0 aromatic heterocycles. The minimum absolute atomic E-state index is 0.285. The van der Waals surface area contributed by atoms with Gasteiger partial charge in [0.1, 0.15) is 0 Å². The van der Waals surface area contributed by atoms with Crippen LogP contribution in [0.25, 0.3) is 0 Å². The minimum atomic E-state index is 0.285. The Morgan fingerprint density at radius 3 is 2.42 bits per heavy atom. The van der Waals surface area contributed by atoms with Gasteiger partial charge in [-0.2, -0.15) is 0 Å². The van der Waals surface area contributed by atoms with Gasteiger partial charge < -0.3 is 0 Å². The lowest BCUT2D eigenvalue weighted by Crippen LogP contribution is -1.90. The highest BCUT2D eigenvalue weighted by molar-refractivity contribution is 5.89. The van der Waals surface area contributed by atoms with Crippen LogP contribution in [-0.4, -0.2) is 5.78 Å². The Morgan fingerprint density at radius 1 is 1.17 bits per heavy atom.